The van der Waals surface area contributed by atoms with E-state index in [0.717, 1.165) is 70.3 Å². The molecule has 0 aliphatic carbocycles. The average Bonchev–Trinajstić information content (AvgIpc) is 3.25. The Morgan fingerprint density at radius 3 is 2.71 bits per heavy atom. The van der Waals surface area contributed by atoms with Crippen molar-refractivity contribution in [2.75, 3.05) is 26.2 Å². The molecule has 1 amide bonds. The molecule has 130 valence electrons. The summed E-state index contributed by atoms with van der Waals surface area (Å²) in [5, 5.41) is 0. The van der Waals surface area contributed by atoms with Crippen LogP contribution in [-0.2, 0) is 11.2 Å². The van der Waals surface area contributed by atoms with Gasteiger partial charge in [0.15, 0.2) is 0 Å². The quantitative estimate of drug-likeness (QED) is 0.850. The molecule has 1 unspecified atom stereocenters. The molecule has 3 fully saturated rings. The largest absolute Gasteiger partial charge is 0.341 e. The van der Waals surface area contributed by atoms with E-state index in [9.17, 15) is 9.18 Å². The number of rotatable bonds is 3. The van der Waals surface area contributed by atoms with Crippen molar-refractivity contribution in [1.82, 2.24) is 9.80 Å². The molecule has 0 aromatic heterocycles. The van der Waals surface area contributed by atoms with Gasteiger partial charge in [-0.15, -0.1) is 0 Å². The number of hydrogen-bond donors (Lipinski definition) is 0. The monoisotopic (exact) mass is 330 g/mol. The second-order valence-corrected chi connectivity index (χ2v) is 7.92. The van der Waals surface area contributed by atoms with Crippen LogP contribution in [0.4, 0.5) is 4.39 Å². The van der Waals surface area contributed by atoms with Crippen LogP contribution in [0.3, 0.4) is 0 Å². The molecule has 0 bridgehead atoms. The maximum absolute atomic E-state index is 13.7. The second kappa shape index (κ2) is 6.14. The number of aryl methyl sites for hydroxylation is 1. The number of fused-ring (bicyclic) bond motifs is 1. The average molecular weight is 330 g/mol. The van der Waals surface area contributed by atoms with E-state index >= 15 is 0 Å². The van der Waals surface area contributed by atoms with Gasteiger partial charge in [-0.05, 0) is 81.6 Å². The highest BCUT2D eigenvalue weighted by Crippen LogP contribution is 2.41. The van der Waals surface area contributed by atoms with Crippen molar-refractivity contribution in [3.63, 3.8) is 0 Å². The molecule has 0 radical (unpaired) electrons. The zero-order valence-electron chi connectivity index (χ0n) is 14.6. The van der Waals surface area contributed by atoms with Crippen molar-refractivity contribution in [3.05, 3.63) is 35.1 Å². The zero-order valence-corrected chi connectivity index (χ0v) is 14.6. The zero-order chi connectivity index (χ0) is 16.7. The van der Waals surface area contributed by atoms with Crippen LogP contribution >= 0.6 is 0 Å². The summed E-state index contributed by atoms with van der Waals surface area (Å²) in [6, 6.07) is 5.54. The SMILES string of the molecule is Cc1ccc(CC2CCN(C(=O)C34CCCN3CCC4)C2)cc1F. The number of halogens is 1. The second-order valence-electron chi connectivity index (χ2n) is 7.92. The van der Waals surface area contributed by atoms with Crippen molar-refractivity contribution >= 4 is 5.91 Å². The van der Waals surface area contributed by atoms with Crippen LogP contribution in [0.2, 0.25) is 0 Å². The maximum Gasteiger partial charge on any atom is 0.243 e. The highest BCUT2D eigenvalue weighted by molar-refractivity contribution is 5.87. The fraction of sp³-hybridized carbons (Fsp3) is 0.650. The topological polar surface area (TPSA) is 23.6 Å². The van der Waals surface area contributed by atoms with Crippen LogP contribution in [0.5, 0.6) is 0 Å². The summed E-state index contributed by atoms with van der Waals surface area (Å²) in [6.45, 7) is 5.68. The minimum atomic E-state index is -0.176. The number of carbonyl (C=O) groups is 1. The number of likely N-dealkylation sites (tertiary alicyclic amines) is 1. The number of hydrogen-bond acceptors (Lipinski definition) is 2. The summed E-state index contributed by atoms with van der Waals surface area (Å²) in [5.41, 5.74) is 1.58. The third-order valence-electron chi connectivity index (χ3n) is 6.37. The van der Waals surface area contributed by atoms with Crippen molar-refractivity contribution in [2.24, 2.45) is 5.92 Å². The first-order chi connectivity index (χ1) is 11.6. The molecule has 24 heavy (non-hydrogen) atoms. The van der Waals surface area contributed by atoms with Crippen LogP contribution in [0.25, 0.3) is 0 Å². The molecule has 1 aromatic carbocycles. The number of amides is 1. The molecule has 0 N–H and O–H groups in total. The minimum absolute atomic E-state index is 0.120. The van der Waals surface area contributed by atoms with Crippen LogP contribution < -0.4 is 0 Å². The van der Waals surface area contributed by atoms with Gasteiger partial charge in [0.2, 0.25) is 5.91 Å². The van der Waals surface area contributed by atoms with E-state index in [1.54, 1.807) is 13.0 Å². The van der Waals surface area contributed by atoms with E-state index in [0.29, 0.717) is 17.4 Å². The van der Waals surface area contributed by atoms with Gasteiger partial charge < -0.3 is 4.90 Å². The summed E-state index contributed by atoms with van der Waals surface area (Å²) in [4.78, 5) is 17.7. The first kappa shape index (κ1) is 16.1. The fourth-order valence-corrected chi connectivity index (χ4v) is 5.03. The van der Waals surface area contributed by atoms with Gasteiger partial charge in [0, 0.05) is 13.1 Å². The summed E-state index contributed by atoms with van der Waals surface area (Å²) >= 11 is 0. The van der Waals surface area contributed by atoms with Gasteiger partial charge in [-0.1, -0.05) is 12.1 Å². The van der Waals surface area contributed by atoms with Gasteiger partial charge in [-0.2, -0.15) is 0 Å². The third kappa shape index (κ3) is 2.65. The molecule has 0 saturated carbocycles. The minimum Gasteiger partial charge on any atom is -0.341 e. The Bertz CT molecular complexity index is 635. The van der Waals surface area contributed by atoms with E-state index in [-0.39, 0.29) is 11.4 Å². The Kier molecular flexibility index (Phi) is 4.11. The Hall–Kier alpha value is -1.42. The van der Waals surface area contributed by atoms with Gasteiger partial charge in [-0.3, -0.25) is 9.69 Å². The Morgan fingerprint density at radius 1 is 1.25 bits per heavy atom. The van der Waals surface area contributed by atoms with E-state index in [4.69, 9.17) is 0 Å². The molecule has 3 heterocycles. The Labute approximate surface area is 143 Å². The molecular formula is C20H27FN2O. The van der Waals surface area contributed by atoms with Crippen molar-refractivity contribution in [1.29, 1.82) is 0 Å². The first-order valence-corrected chi connectivity index (χ1v) is 9.38. The van der Waals surface area contributed by atoms with Crippen LogP contribution in [0, 0.1) is 18.7 Å². The Balaban J connectivity index is 1.41. The van der Waals surface area contributed by atoms with Crippen molar-refractivity contribution in [3.8, 4) is 0 Å². The standard InChI is InChI=1S/C20H27FN2O/c1-15-4-5-16(13-18(15)21)12-17-6-11-22(14-17)19(24)20-7-2-9-23(20)10-3-8-20/h4-5,13,17H,2-3,6-12,14H2,1H3. The summed E-state index contributed by atoms with van der Waals surface area (Å²) < 4.78 is 13.7. The summed E-state index contributed by atoms with van der Waals surface area (Å²) in [7, 11) is 0. The molecule has 4 rings (SSSR count). The predicted octanol–water partition coefficient (Wildman–Crippen LogP) is 3.15. The lowest BCUT2D eigenvalue weighted by Crippen LogP contribution is -2.52. The molecule has 4 heteroatoms. The molecule has 1 aromatic rings. The molecule has 0 spiro atoms. The summed E-state index contributed by atoms with van der Waals surface area (Å²) in [6.07, 6.45) is 6.30. The molecule has 3 aliphatic heterocycles. The summed E-state index contributed by atoms with van der Waals surface area (Å²) in [5.74, 6) is 0.712. The van der Waals surface area contributed by atoms with Crippen LogP contribution in [0.15, 0.2) is 18.2 Å². The fourth-order valence-electron chi connectivity index (χ4n) is 5.03. The highest BCUT2D eigenvalue weighted by atomic mass is 19.1. The molecule has 1 atom stereocenters. The lowest BCUT2D eigenvalue weighted by atomic mass is 9.92. The lowest BCUT2D eigenvalue weighted by molar-refractivity contribution is -0.140. The van der Waals surface area contributed by atoms with Gasteiger partial charge in [-0.25, -0.2) is 4.39 Å². The molecule has 3 saturated heterocycles. The van der Waals surface area contributed by atoms with Crippen LogP contribution in [-0.4, -0.2) is 47.4 Å². The number of carbonyl (C=O) groups excluding carboxylic acids is 1. The number of nitrogens with zero attached hydrogens (tertiary/aromatic N) is 2. The third-order valence-corrected chi connectivity index (χ3v) is 6.37. The predicted molar refractivity (Wildman–Crippen MR) is 92.3 cm³/mol. The first-order valence-electron chi connectivity index (χ1n) is 9.38. The van der Waals surface area contributed by atoms with Crippen LogP contribution in [0.1, 0.15) is 43.2 Å². The smallest absolute Gasteiger partial charge is 0.243 e. The molecule has 3 nitrogen and oxygen atoms in total. The van der Waals surface area contributed by atoms with E-state index in [1.165, 1.54) is 0 Å². The van der Waals surface area contributed by atoms with Gasteiger partial charge in [0.25, 0.3) is 0 Å². The van der Waals surface area contributed by atoms with Crippen molar-refractivity contribution in [2.45, 2.75) is 51.0 Å². The lowest BCUT2D eigenvalue weighted by Gasteiger charge is -2.34. The van der Waals surface area contributed by atoms with Gasteiger partial charge in [0.05, 0.1) is 0 Å². The normalized spacial score (nSPS) is 26.1. The van der Waals surface area contributed by atoms with E-state index in [2.05, 4.69) is 9.80 Å². The van der Waals surface area contributed by atoms with Crippen molar-refractivity contribution < 1.29 is 9.18 Å². The van der Waals surface area contributed by atoms with E-state index < -0.39 is 0 Å². The molecular weight excluding hydrogens is 303 g/mol. The van der Waals surface area contributed by atoms with Gasteiger partial charge >= 0.3 is 0 Å². The molecule has 3 aliphatic rings. The van der Waals surface area contributed by atoms with E-state index in [1.807, 2.05) is 12.1 Å². The number of benzene rings is 1. The highest BCUT2D eigenvalue weighted by Gasteiger charge is 2.52. The van der Waals surface area contributed by atoms with Gasteiger partial charge in [0.1, 0.15) is 11.4 Å². The Morgan fingerprint density at radius 2 is 2.00 bits per heavy atom. The maximum atomic E-state index is 13.7.